The zero-order valence-electron chi connectivity index (χ0n) is 17.3. The molecule has 0 bridgehead atoms. The molecular formula is C21H24N2O7. The Kier molecular flexibility index (Phi) is 7.74. The zero-order valence-corrected chi connectivity index (χ0v) is 17.3. The molecule has 0 fully saturated rings. The number of hydrogen-bond donors (Lipinski definition) is 1. The molecule has 0 spiro atoms. The summed E-state index contributed by atoms with van der Waals surface area (Å²) in [5.41, 5.74) is 0.271. The van der Waals surface area contributed by atoms with Crippen molar-refractivity contribution >= 4 is 17.6 Å². The third-order valence-corrected chi connectivity index (χ3v) is 4.31. The van der Waals surface area contributed by atoms with Crippen molar-refractivity contribution in [3.63, 3.8) is 0 Å². The Morgan fingerprint density at radius 1 is 1.10 bits per heavy atom. The van der Waals surface area contributed by atoms with Gasteiger partial charge in [-0.3, -0.25) is 14.9 Å². The second-order valence-corrected chi connectivity index (χ2v) is 6.47. The van der Waals surface area contributed by atoms with E-state index in [1.807, 2.05) is 6.92 Å². The molecule has 0 aliphatic carbocycles. The first kappa shape index (κ1) is 22.7. The molecule has 30 heavy (non-hydrogen) atoms. The molecule has 1 N–H and O–H groups in total. The summed E-state index contributed by atoms with van der Waals surface area (Å²) in [4.78, 5) is 35.0. The summed E-state index contributed by atoms with van der Waals surface area (Å²) in [5, 5.41) is 13.9. The largest absolute Gasteiger partial charge is 0.493 e. The van der Waals surface area contributed by atoms with Crippen LogP contribution < -0.4 is 14.8 Å². The Bertz CT molecular complexity index is 943. The number of amides is 1. The van der Waals surface area contributed by atoms with Gasteiger partial charge < -0.3 is 19.5 Å². The van der Waals surface area contributed by atoms with Crippen molar-refractivity contribution in [2.45, 2.75) is 26.3 Å². The number of esters is 1. The second kappa shape index (κ2) is 10.2. The molecule has 1 amide bonds. The number of ether oxygens (including phenoxy) is 3. The average Bonchev–Trinajstić information content (AvgIpc) is 2.76. The van der Waals surface area contributed by atoms with Crippen LogP contribution in [0.2, 0.25) is 0 Å². The van der Waals surface area contributed by atoms with E-state index >= 15 is 0 Å². The van der Waals surface area contributed by atoms with Crippen molar-refractivity contribution in [2.24, 2.45) is 0 Å². The zero-order chi connectivity index (χ0) is 22.3. The molecule has 1 atom stereocenters. The Hall–Kier alpha value is -3.62. The van der Waals surface area contributed by atoms with Crippen molar-refractivity contribution in [3.8, 4) is 11.5 Å². The number of rotatable bonds is 9. The lowest BCUT2D eigenvalue weighted by molar-refractivity contribution is -0.384. The van der Waals surface area contributed by atoms with E-state index < -0.39 is 22.8 Å². The van der Waals surface area contributed by atoms with Crippen LogP contribution in [-0.4, -0.2) is 37.6 Å². The SMILES string of the molecule is CCCOc1ccc(C(C)NC(=O)c2cc(C(=O)OC)cc([N+](=O)[O-])c2)cc1OC. The number of nitrogens with one attached hydrogen (secondary N) is 1. The van der Waals surface area contributed by atoms with E-state index in [0.717, 1.165) is 31.2 Å². The van der Waals surface area contributed by atoms with Crippen LogP contribution >= 0.6 is 0 Å². The molecule has 0 aromatic heterocycles. The molecule has 9 heteroatoms. The van der Waals surface area contributed by atoms with E-state index in [-0.39, 0.29) is 16.8 Å². The Morgan fingerprint density at radius 3 is 2.40 bits per heavy atom. The molecule has 1 unspecified atom stereocenters. The molecule has 0 radical (unpaired) electrons. The van der Waals surface area contributed by atoms with Gasteiger partial charge in [0.2, 0.25) is 0 Å². The van der Waals surface area contributed by atoms with Gasteiger partial charge in [-0.25, -0.2) is 4.79 Å². The first-order valence-corrected chi connectivity index (χ1v) is 9.30. The quantitative estimate of drug-likeness (QED) is 0.376. The number of carbonyl (C=O) groups is 2. The van der Waals surface area contributed by atoms with Crippen molar-refractivity contribution in [1.29, 1.82) is 0 Å². The lowest BCUT2D eigenvalue weighted by atomic mass is 10.1. The second-order valence-electron chi connectivity index (χ2n) is 6.47. The van der Waals surface area contributed by atoms with Crippen LogP contribution in [0.15, 0.2) is 36.4 Å². The molecule has 0 heterocycles. The first-order chi connectivity index (χ1) is 14.3. The smallest absolute Gasteiger partial charge is 0.338 e. The number of nitro groups is 1. The lowest BCUT2D eigenvalue weighted by Gasteiger charge is -2.17. The van der Waals surface area contributed by atoms with Crippen LogP contribution in [0.25, 0.3) is 0 Å². The number of nitrogens with zero attached hydrogens (tertiary/aromatic N) is 1. The highest BCUT2D eigenvalue weighted by Gasteiger charge is 2.20. The molecule has 0 aliphatic heterocycles. The highest BCUT2D eigenvalue weighted by atomic mass is 16.6. The van der Waals surface area contributed by atoms with Gasteiger partial charge in [-0.05, 0) is 37.1 Å². The number of nitro benzene ring substituents is 1. The minimum atomic E-state index is -0.770. The summed E-state index contributed by atoms with van der Waals surface area (Å²) in [5.74, 6) is -0.205. The maximum Gasteiger partial charge on any atom is 0.338 e. The van der Waals surface area contributed by atoms with Crippen LogP contribution in [0.3, 0.4) is 0 Å². The van der Waals surface area contributed by atoms with E-state index in [0.29, 0.717) is 18.1 Å². The number of methoxy groups -OCH3 is 2. The van der Waals surface area contributed by atoms with Crippen molar-refractivity contribution in [3.05, 3.63) is 63.2 Å². The van der Waals surface area contributed by atoms with Gasteiger partial charge in [0, 0.05) is 17.7 Å². The highest BCUT2D eigenvalue weighted by molar-refractivity contribution is 5.99. The lowest BCUT2D eigenvalue weighted by Crippen LogP contribution is -2.27. The summed E-state index contributed by atoms with van der Waals surface area (Å²) in [6, 6.07) is 8.29. The Labute approximate surface area is 174 Å². The Morgan fingerprint density at radius 2 is 1.80 bits per heavy atom. The third kappa shape index (κ3) is 5.47. The van der Waals surface area contributed by atoms with Crippen LogP contribution in [0, 0.1) is 10.1 Å². The van der Waals surface area contributed by atoms with E-state index in [4.69, 9.17) is 9.47 Å². The normalized spacial score (nSPS) is 11.3. The molecule has 0 saturated carbocycles. The molecular weight excluding hydrogens is 392 g/mol. The summed E-state index contributed by atoms with van der Waals surface area (Å²) in [6.07, 6.45) is 0.855. The molecule has 2 aromatic rings. The average molecular weight is 416 g/mol. The van der Waals surface area contributed by atoms with Crippen LogP contribution in [0.4, 0.5) is 5.69 Å². The van der Waals surface area contributed by atoms with E-state index in [1.165, 1.54) is 13.2 Å². The van der Waals surface area contributed by atoms with Crippen molar-refractivity contribution < 1.29 is 28.7 Å². The summed E-state index contributed by atoms with van der Waals surface area (Å²) in [7, 11) is 2.68. The predicted molar refractivity (Wildman–Crippen MR) is 109 cm³/mol. The molecule has 2 rings (SSSR count). The minimum absolute atomic E-state index is 0.0219. The maximum absolute atomic E-state index is 12.7. The molecule has 2 aromatic carbocycles. The number of non-ortho nitro benzene ring substituents is 1. The molecule has 0 saturated heterocycles. The third-order valence-electron chi connectivity index (χ3n) is 4.31. The van der Waals surface area contributed by atoms with Gasteiger partial charge in [0.25, 0.3) is 11.6 Å². The van der Waals surface area contributed by atoms with Gasteiger partial charge >= 0.3 is 5.97 Å². The fourth-order valence-corrected chi connectivity index (χ4v) is 2.73. The first-order valence-electron chi connectivity index (χ1n) is 9.30. The summed E-state index contributed by atoms with van der Waals surface area (Å²) in [6.45, 7) is 4.31. The van der Waals surface area contributed by atoms with Gasteiger partial charge in [-0.1, -0.05) is 13.0 Å². The molecule has 160 valence electrons. The van der Waals surface area contributed by atoms with Gasteiger partial charge in [0.15, 0.2) is 11.5 Å². The standard InChI is InChI=1S/C21H24N2O7/c1-5-8-30-18-7-6-14(12-19(18)28-3)13(2)22-20(24)15-9-16(21(25)29-4)11-17(10-15)23(26)27/h6-7,9-13H,5,8H2,1-4H3,(H,22,24). The van der Waals surface area contributed by atoms with Gasteiger partial charge in [-0.2, -0.15) is 0 Å². The fraction of sp³-hybridized carbons (Fsp3) is 0.333. The van der Waals surface area contributed by atoms with Crippen LogP contribution in [0.5, 0.6) is 11.5 Å². The van der Waals surface area contributed by atoms with Gasteiger partial charge in [0.05, 0.1) is 37.4 Å². The van der Waals surface area contributed by atoms with Gasteiger partial charge in [0.1, 0.15) is 0 Å². The number of carbonyl (C=O) groups excluding carboxylic acids is 2. The minimum Gasteiger partial charge on any atom is -0.493 e. The van der Waals surface area contributed by atoms with Crippen LogP contribution in [-0.2, 0) is 4.74 Å². The molecule has 9 nitrogen and oxygen atoms in total. The highest BCUT2D eigenvalue weighted by Crippen LogP contribution is 2.30. The van der Waals surface area contributed by atoms with Crippen molar-refractivity contribution in [2.75, 3.05) is 20.8 Å². The maximum atomic E-state index is 12.7. The van der Waals surface area contributed by atoms with E-state index in [9.17, 15) is 19.7 Å². The van der Waals surface area contributed by atoms with Crippen LogP contribution in [0.1, 0.15) is 52.6 Å². The Balaban J connectivity index is 2.26. The topological polar surface area (TPSA) is 117 Å². The van der Waals surface area contributed by atoms with E-state index in [2.05, 4.69) is 10.1 Å². The summed E-state index contributed by atoms with van der Waals surface area (Å²) >= 11 is 0. The number of benzene rings is 2. The predicted octanol–water partition coefficient (Wildman–Crippen LogP) is 3.67. The number of hydrogen-bond acceptors (Lipinski definition) is 7. The van der Waals surface area contributed by atoms with Gasteiger partial charge in [-0.15, -0.1) is 0 Å². The van der Waals surface area contributed by atoms with E-state index in [1.54, 1.807) is 25.1 Å². The van der Waals surface area contributed by atoms with Crippen molar-refractivity contribution in [1.82, 2.24) is 5.32 Å². The monoisotopic (exact) mass is 416 g/mol. The summed E-state index contributed by atoms with van der Waals surface area (Å²) < 4.78 is 15.6. The fourth-order valence-electron chi connectivity index (χ4n) is 2.73. The molecule has 0 aliphatic rings.